The monoisotopic (exact) mass is 324 g/mol. The molecule has 0 bridgehead atoms. The van der Waals surface area contributed by atoms with Gasteiger partial charge in [0.1, 0.15) is 6.17 Å². The van der Waals surface area contributed by atoms with E-state index >= 15 is 0 Å². The van der Waals surface area contributed by atoms with Gasteiger partial charge in [-0.25, -0.2) is 0 Å². The molecule has 1 aromatic rings. The summed E-state index contributed by atoms with van der Waals surface area (Å²) in [6, 6.07) is 4.67. The number of carbonyl (C=O) groups excluding carboxylic acids is 1. The highest BCUT2D eigenvalue weighted by atomic mass is 32.2. The number of aryl methyl sites for hydroxylation is 1. The highest BCUT2D eigenvalue weighted by Crippen LogP contribution is 2.39. The number of amides is 1. The molecule has 0 aromatic carbocycles. The first-order valence-electron chi connectivity index (χ1n) is 7.86. The molecule has 116 valence electrons. The molecule has 1 saturated heterocycles. The van der Waals surface area contributed by atoms with Gasteiger partial charge < -0.3 is 4.90 Å². The van der Waals surface area contributed by atoms with E-state index in [2.05, 4.69) is 36.2 Å². The van der Waals surface area contributed by atoms with Crippen molar-refractivity contribution in [2.45, 2.75) is 63.5 Å². The number of thiophene rings is 1. The summed E-state index contributed by atoms with van der Waals surface area (Å²) in [7, 11) is 0. The Morgan fingerprint density at radius 3 is 2.90 bits per heavy atom. The molecule has 4 unspecified atom stereocenters. The average Bonchev–Trinajstić information content (AvgIpc) is 3.12. The molecule has 3 rings (SSSR count). The van der Waals surface area contributed by atoms with Crippen molar-refractivity contribution in [2.24, 2.45) is 0 Å². The Morgan fingerprint density at radius 2 is 2.24 bits per heavy atom. The molecule has 4 atom stereocenters. The van der Waals surface area contributed by atoms with Crippen molar-refractivity contribution in [3.8, 4) is 0 Å². The predicted octanol–water partition coefficient (Wildman–Crippen LogP) is 3.55. The van der Waals surface area contributed by atoms with Gasteiger partial charge in [0.25, 0.3) is 0 Å². The number of thioether (sulfide) groups is 1. The fourth-order valence-corrected chi connectivity index (χ4v) is 5.58. The first-order chi connectivity index (χ1) is 10.1. The van der Waals surface area contributed by atoms with E-state index < -0.39 is 0 Å². The number of carbonyl (C=O) groups is 1. The molecule has 1 N–H and O–H groups in total. The highest BCUT2D eigenvalue weighted by Gasteiger charge is 2.43. The van der Waals surface area contributed by atoms with Crippen LogP contribution in [0.4, 0.5) is 0 Å². The van der Waals surface area contributed by atoms with Crippen LogP contribution in [-0.4, -0.2) is 33.9 Å². The second-order valence-electron chi connectivity index (χ2n) is 6.03. The first-order valence-corrected chi connectivity index (χ1v) is 9.72. The van der Waals surface area contributed by atoms with Gasteiger partial charge in [0.15, 0.2) is 0 Å². The van der Waals surface area contributed by atoms with Crippen molar-refractivity contribution in [3.05, 3.63) is 21.9 Å². The number of rotatable bonds is 4. The molecule has 1 aliphatic carbocycles. The van der Waals surface area contributed by atoms with Crippen LogP contribution in [0.3, 0.4) is 0 Å². The van der Waals surface area contributed by atoms with Gasteiger partial charge in [0, 0.05) is 21.0 Å². The molecule has 2 heterocycles. The Bertz CT molecular complexity index is 516. The van der Waals surface area contributed by atoms with E-state index in [9.17, 15) is 4.79 Å². The molecule has 1 aliphatic heterocycles. The van der Waals surface area contributed by atoms with E-state index in [1.807, 2.05) is 18.7 Å². The minimum Gasteiger partial charge on any atom is -0.318 e. The molecule has 5 heteroatoms. The summed E-state index contributed by atoms with van der Waals surface area (Å²) in [5, 5.41) is 4.22. The lowest BCUT2D eigenvalue weighted by atomic mass is 10.2. The average molecular weight is 325 g/mol. The first kappa shape index (κ1) is 15.4. The van der Waals surface area contributed by atoms with E-state index in [-0.39, 0.29) is 18.1 Å². The van der Waals surface area contributed by atoms with Gasteiger partial charge in [-0.15, -0.1) is 11.3 Å². The van der Waals surface area contributed by atoms with Crippen LogP contribution in [-0.2, 0) is 4.79 Å². The Hall–Kier alpha value is -0.520. The van der Waals surface area contributed by atoms with E-state index in [1.165, 1.54) is 21.9 Å². The molecule has 21 heavy (non-hydrogen) atoms. The number of nitrogens with zero attached hydrogens (tertiary/aromatic N) is 1. The molecule has 0 spiro atoms. The van der Waals surface area contributed by atoms with Crippen molar-refractivity contribution in [3.63, 3.8) is 0 Å². The van der Waals surface area contributed by atoms with Crippen LogP contribution in [0.2, 0.25) is 0 Å². The van der Waals surface area contributed by atoms with Gasteiger partial charge in [0.2, 0.25) is 5.91 Å². The Kier molecular flexibility index (Phi) is 4.62. The van der Waals surface area contributed by atoms with E-state index in [0.717, 1.165) is 18.1 Å². The van der Waals surface area contributed by atoms with Crippen LogP contribution < -0.4 is 5.32 Å². The van der Waals surface area contributed by atoms with Gasteiger partial charge in [-0.1, -0.05) is 6.92 Å². The number of hydrogen-bond donors (Lipinski definition) is 1. The fraction of sp³-hybridized carbons (Fsp3) is 0.688. The fourth-order valence-electron chi connectivity index (χ4n) is 3.51. The van der Waals surface area contributed by atoms with Crippen LogP contribution in [0.1, 0.15) is 49.0 Å². The summed E-state index contributed by atoms with van der Waals surface area (Å²) in [4.78, 5) is 17.3. The van der Waals surface area contributed by atoms with Crippen molar-refractivity contribution in [1.82, 2.24) is 10.2 Å². The Balaban J connectivity index is 1.79. The van der Waals surface area contributed by atoms with Crippen molar-refractivity contribution >= 4 is 29.0 Å². The minimum absolute atomic E-state index is 0.0599. The smallest absolute Gasteiger partial charge is 0.241 e. The van der Waals surface area contributed by atoms with Gasteiger partial charge in [0.05, 0.1) is 6.04 Å². The van der Waals surface area contributed by atoms with E-state index in [0.29, 0.717) is 6.04 Å². The van der Waals surface area contributed by atoms with Crippen LogP contribution >= 0.6 is 23.1 Å². The lowest BCUT2D eigenvalue weighted by Crippen LogP contribution is -2.38. The van der Waals surface area contributed by atoms with E-state index in [4.69, 9.17) is 0 Å². The summed E-state index contributed by atoms with van der Waals surface area (Å²) in [6.45, 7) is 6.34. The zero-order valence-corrected chi connectivity index (χ0v) is 14.6. The standard InChI is InChI=1S/C16H24N2OS2/c1-4-20-13-7-6-12(9-13)18-15(17-11(3)16(18)19)14-8-5-10(2)21-14/h5,8,11-13,15,17H,4,6-7,9H2,1-3H3. The molecule has 1 aromatic heterocycles. The predicted molar refractivity (Wildman–Crippen MR) is 90.8 cm³/mol. The largest absolute Gasteiger partial charge is 0.318 e. The second-order valence-corrected chi connectivity index (χ2v) is 8.93. The molecule has 1 amide bonds. The number of nitrogens with one attached hydrogen (secondary N) is 1. The summed E-state index contributed by atoms with van der Waals surface area (Å²) < 4.78 is 0. The summed E-state index contributed by atoms with van der Waals surface area (Å²) in [6.07, 6.45) is 3.64. The maximum absolute atomic E-state index is 12.6. The number of hydrogen-bond acceptors (Lipinski definition) is 4. The quantitative estimate of drug-likeness (QED) is 0.919. The van der Waals surface area contributed by atoms with Crippen LogP contribution in [0.25, 0.3) is 0 Å². The minimum atomic E-state index is -0.0599. The molecule has 2 fully saturated rings. The lowest BCUT2D eigenvalue weighted by molar-refractivity contribution is -0.131. The molecule has 3 nitrogen and oxygen atoms in total. The summed E-state index contributed by atoms with van der Waals surface area (Å²) in [5.74, 6) is 1.45. The maximum atomic E-state index is 12.6. The normalized spacial score (nSPS) is 33.1. The zero-order valence-electron chi connectivity index (χ0n) is 13.0. The Morgan fingerprint density at radius 1 is 1.43 bits per heavy atom. The van der Waals surface area contributed by atoms with Gasteiger partial charge >= 0.3 is 0 Å². The summed E-state index contributed by atoms with van der Waals surface area (Å²) >= 11 is 3.85. The lowest BCUT2D eigenvalue weighted by Gasteiger charge is -2.29. The maximum Gasteiger partial charge on any atom is 0.241 e. The molecular weight excluding hydrogens is 300 g/mol. The van der Waals surface area contributed by atoms with Crippen LogP contribution in [0.15, 0.2) is 12.1 Å². The van der Waals surface area contributed by atoms with Crippen molar-refractivity contribution in [1.29, 1.82) is 0 Å². The third-order valence-corrected chi connectivity index (χ3v) is 6.78. The van der Waals surface area contributed by atoms with Crippen LogP contribution in [0.5, 0.6) is 0 Å². The second kappa shape index (κ2) is 6.31. The van der Waals surface area contributed by atoms with Crippen LogP contribution in [0, 0.1) is 6.92 Å². The van der Waals surface area contributed by atoms with Crippen molar-refractivity contribution in [2.75, 3.05) is 5.75 Å². The van der Waals surface area contributed by atoms with E-state index in [1.54, 1.807) is 11.3 Å². The summed E-state index contributed by atoms with van der Waals surface area (Å²) in [5.41, 5.74) is 0. The molecule has 0 radical (unpaired) electrons. The molecule has 2 aliphatic rings. The Labute approximate surface area is 135 Å². The van der Waals surface area contributed by atoms with Gasteiger partial charge in [-0.3, -0.25) is 10.1 Å². The topological polar surface area (TPSA) is 32.3 Å². The van der Waals surface area contributed by atoms with Gasteiger partial charge in [-0.2, -0.15) is 11.8 Å². The highest BCUT2D eigenvalue weighted by molar-refractivity contribution is 7.99. The van der Waals surface area contributed by atoms with Crippen molar-refractivity contribution < 1.29 is 4.79 Å². The SMILES string of the molecule is CCSC1CCC(N2C(=O)C(C)NC2c2ccc(C)s2)C1. The molecule has 1 saturated carbocycles. The third kappa shape index (κ3) is 3.01. The zero-order chi connectivity index (χ0) is 15.0. The molecular formula is C16H24N2OS2. The third-order valence-electron chi connectivity index (χ3n) is 4.49. The van der Waals surface area contributed by atoms with Gasteiger partial charge in [-0.05, 0) is 51.0 Å².